The van der Waals surface area contributed by atoms with E-state index in [0.717, 1.165) is 16.7 Å². The van der Waals surface area contributed by atoms with E-state index in [1.54, 1.807) is 0 Å². The summed E-state index contributed by atoms with van der Waals surface area (Å²) in [5, 5.41) is 12.0. The molecule has 0 aromatic heterocycles. The summed E-state index contributed by atoms with van der Waals surface area (Å²) in [7, 11) is 1.30. The molecule has 0 radical (unpaired) electrons. The van der Waals surface area contributed by atoms with Gasteiger partial charge in [0.1, 0.15) is 11.8 Å². The van der Waals surface area contributed by atoms with Crippen LogP contribution in [0.15, 0.2) is 42.5 Å². The number of ether oxygens (including phenoxy) is 1. The number of benzene rings is 2. The van der Waals surface area contributed by atoms with Gasteiger partial charge in [-0.2, -0.15) is 0 Å². The second kappa shape index (κ2) is 7.64. The standard InChI is InChI=1S/C19H21NO4/c1-12-5-4-6-13(2)16(12)11-17(19(23)24-3)20-18(22)14-7-9-15(21)10-8-14/h4-10,17,21H,11H2,1-3H3,(H,20,22)/t17-/m0/s1. The summed E-state index contributed by atoms with van der Waals surface area (Å²) in [6.45, 7) is 3.94. The summed E-state index contributed by atoms with van der Waals surface area (Å²) in [4.78, 5) is 24.4. The molecule has 126 valence electrons. The third-order valence-electron chi connectivity index (χ3n) is 3.97. The molecule has 24 heavy (non-hydrogen) atoms. The lowest BCUT2D eigenvalue weighted by Crippen LogP contribution is -2.43. The molecule has 0 aliphatic heterocycles. The molecular formula is C19H21NO4. The predicted octanol–water partition coefficient (Wildman–Crippen LogP) is 2.52. The summed E-state index contributed by atoms with van der Waals surface area (Å²) in [6.07, 6.45) is 0.356. The van der Waals surface area contributed by atoms with Crippen molar-refractivity contribution < 1.29 is 19.4 Å². The largest absolute Gasteiger partial charge is 0.508 e. The molecule has 0 heterocycles. The lowest BCUT2D eigenvalue weighted by molar-refractivity contribution is -0.142. The molecule has 5 heteroatoms. The quantitative estimate of drug-likeness (QED) is 0.828. The molecule has 2 aromatic carbocycles. The number of phenols is 1. The number of rotatable bonds is 5. The van der Waals surface area contributed by atoms with Crippen molar-refractivity contribution >= 4 is 11.9 Å². The van der Waals surface area contributed by atoms with E-state index < -0.39 is 17.9 Å². The van der Waals surface area contributed by atoms with Crippen LogP contribution in [0.25, 0.3) is 0 Å². The number of phenolic OH excluding ortho intramolecular Hbond substituents is 1. The Bertz CT molecular complexity index is 717. The highest BCUT2D eigenvalue weighted by Gasteiger charge is 2.24. The molecule has 0 fully saturated rings. The summed E-state index contributed by atoms with van der Waals surface area (Å²) >= 11 is 0. The van der Waals surface area contributed by atoms with Crippen LogP contribution in [0.2, 0.25) is 0 Å². The number of carbonyl (C=O) groups excluding carboxylic acids is 2. The van der Waals surface area contributed by atoms with Crippen LogP contribution < -0.4 is 5.32 Å². The minimum Gasteiger partial charge on any atom is -0.508 e. The number of aryl methyl sites for hydroxylation is 2. The number of nitrogens with one attached hydrogen (secondary N) is 1. The van der Waals surface area contributed by atoms with E-state index in [0.29, 0.717) is 12.0 Å². The van der Waals surface area contributed by atoms with E-state index in [9.17, 15) is 14.7 Å². The number of methoxy groups -OCH3 is 1. The molecule has 1 atom stereocenters. The van der Waals surface area contributed by atoms with Gasteiger partial charge >= 0.3 is 5.97 Å². The number of carbonyl (C=O) groups is 2. The Morgan fingerprint density at radius 2 is 1.67 bits per heavy atom. The topological polar surface area (TPSA) is 75.6 Å². The van der Waals surface area contributed by atoms with Gasteiger partial charge in [0.15, 0.2) is 0 Å². The van der Waals surface area contributed by atoms with Gasteiger partial charge in [-0.15, -0.1) is 0 Å². The van der Waals surface area contributed by atoms with Gasteiger partial charge in [-0.25, -0.2) is 4.79 Å². The van der Waals surface area contributed by atoms with Crippen molar-refractivity contribution in [3.8, 4) is 5.75 Å². The van der Waals surface area contributed by atoms with Crippen molar-refractivity contribution in [2.75, 3.05) is 7.11 Å². The number of hydrogen-bond donors (Lipinski definition) is 2. The van der Waals surface area contributed by atoms with Crippen molar-refractivity contribution in [3.05, 3.63) is 64.7 Å². The average molecular weight is 327 g/mol. The second-order valence-corrected chi connectivity index (χ2v) is 5.67. The molecule has 1 amide bonds. The van der Waals surface area contributed by atoms with Gasteiger partial charge in [-0.1, -0.05) is 18.2 Å². The highest BCUT2D eigenvalue weighted by molar-refractivity contribution is 5.96. The van der Waals surface area contributed by atoms with Gasteiger partial charge in [0.2, 0.25) is 0 Å². The molecule has 0 bridgehead atoms. The van der Waals surface area contributed by atoms with Crippen LogP contribution in [0.1, 0.15) is 27.0 Å². The molecule has 0 aliphatic rings. The summed E-state index contributed by atoms with van der Waals surface area (Å²) < 4.78 is 4.83. The molecule has 2 N–H and O–H groups in total. The first-order chi connectivity index (χ1) is 11.4. The fourth-order valence-electron chi connectivity index (χ4n) is 2.57. The van der Waals surface area contributed by atoms with Gasteiger partial charge in [0, 0.05) is 12.0 Å². The average Bonchev–Trinajstić information content (AvgIpc) is 2.57. The summed E-state index contributed by atoms with van der Waals surface area (Å²) in [6, 6.07) is 11.0. The Hall–Kier alpha value is -2.82. The minimum atomic E-state index is -0.781. The van der Waals surface area contributed by atoms with E-state index in [-0.39, 0.29) is 5.75 Å². The fraction of sp³-hybridized carbons (Fsp3) is 0.263. The Labute approximate surface area is 141 Å². The highest BCUT2D eigenvalue weighted by atomic mass is 16.5. The normalized spacial score (nSPS) is 11.6. The second-order valence-electron chi connectivity index (χ2n) is 5.67. The van der Waals surface area contributed by atoms with E-state index in [4.69, 9.17) is 4.74 Å². The monoisotopic (exact) mass is 327 g/mol. The third-order valence-corrected chi connectivity index (χ3v) is 3.97. The predicted molar refractivity (Wildman–Crippen MR) is 91.0 cm³/mol. The van der Waals surface area contributed by atoms with Crippen LogP contribution in [-0.4, -0.2) is 30.1 Å². The van der Waals surface area contributed by atoms with Gasteiger partial charge < -0.3 is 15.2 Å². The lowest BCUT2D eigenvalue weighted by Gasteiger charge is -2.19. The van der Waals surface area contributed by atoms with Gasteiger partial charge in [-0.05, 0) is 54.8 Å². The van der Waals surface area contributed by atoms with Crippen molar-refractivity contribution in [2.24, 2.45) is 0 Å². The summed E-state index contributed by atoms with van der Waals surface area (Å²) in [5.74, 6) is -0.812. The van der Waals surface area contributed by atoms with Crippen LogP contribution >= 0.6 is 0 Å². The van der Waals surface area contributed by atoms with Crippen molar-refractivity contribution in [1.82, 2.24) is 5.32 Å². The van der Waals surface area contributed by atoms with Gasteiger partial charge in [0.25, 0.3) is 5.91 Å². The van der Waals surface area contributed by atoms with Gasteiger partial charge in [-0.3, -0.25) is 4.79 Å². The zero-order valence-corrected chi connectivity index (χ0v) is 14.0. The van der Waals surface area contributed by atoms with Gasteiger partial charge in [0.05, 0.1) is 7.11 Å². The Morgan fingerprint density at radius 3 is 2.21 bits per heavy atom. The molecule has 5 nitrogen and oxygen atoms in total. The Balaban J connectivity index is 2.21. The van der Waals surface area contributed by atoms with Crippen LogP contribution in [0, 0.1) is 13.8 Å². The lowest BCUT2D eigenvalue weighted by atomic mass is 9.96. The number of aromatic hydroxyl groups is 1. The molecule has 2 aromatic rings. The molecule has 0 spiro atoms. The van der Waals surface area contributed by atoms with Crippen LogP contribution in [-0.2, 0) is 16.0 Å². The summed E-state index contributed by atoms with van der Waals surface area (Å²) in [5.41, 5.74) is 3.49. The van der Waals surface area contributed by atoms with E-state index in [1.165, 1.54) is 31.4 Å². The maximum Gasteiger partial charge on any atom is 0.328 e. The Morgan fingerprint density at radius 1 is 1.08 bits per heavy atom. The van der Waals surface area contributed by atoms with Crippen LogP contribution in [0.3, 0.4) is 0 Å². The first-order valence-corrected chi connectivity index (χ1v) is 7.65. The zero-order valence-electron chi connectivity index (χ0n) is 14.0. The first-order valence-electron chi connectivity index (χ1n) is 7.65. The molecule has 2 rings (SSSR count). The maximum absolute atomic E-state index is 12.3. The van der Waals surface area contributed by atoms with Crippen LogP contribution in [0.4, 0.5) is 0 Å². The number of hydrogen-bond acceptors (Lipinski definition) is 4. The molecule has 0 saturated carbocycles. The maximum atomic E-state index is 12.3. The SMILES string of the molecule is COC(=O)[C@H](Cc1c(C)cccc1C)NC(=O)c1ccc(O)cc1. The molecule has 0 unspecified atom stereocenters. The van der Waals surface area contributed by atoms with E-state index in [1.807, 2.05) is 32.0 Å². The minimum absolute atomic E-state index is 0.0756. The number of amides is 1. The van der Waals surface area contributed by atoms with E-state index >= 15 is 0 Å². The fourth-order valence-corrected chi connectivity index (χ4v) is 2.57. The number of esters is 1. The van der Waals surface area contributed by atoms with Crippen molar-refractivity contribution in [2.45, 2.75) is 26.3 Å². The van der Waals surface area contributed by atoms with Crippen molar-refractivity contribution in [3.63, 3.8) is 0 Å². The molecule has 0 saturated heterocycles. The Kier molecular flexibility index (Phi) is 5.58. The van der Waals surface area contributed by atoms with Crippen LogP contribution in [0.5, 0.6) is 5.75 Å². The zero-order chi connectivity index (χ0) is 17.7. The molecular weight excluding hydrogens is 306 g/mol. The first kappa shape index (κ1) is 17.5. The highest BCUT2D eigenvalue weighted by Crippen LogP contribution is 2.16. The third kappa shape index (κ3) is 4.13. The van der Waals surface area contributed by atoms with E-state index in [2.05, 4.69) is 5.32 Å². The molecule has 0 aliphatic carbocycles. The van der Waals surface area contributed by atoms with Crippen molar-refractivity contribution in [1.29, 1.82) is 0 Å². The smallest absolute Gasteiger partial charge is 0.328 e.